The van der Waals surface area contributed by atoms with E-state index in [1.807, 2.05) is 41.3 Å². The molecule has 2 heterocycles. The number of hydrogen-bond acceptors (Lipinski definition) is 4. The number of hydrogen-bond donors (Lipinski definition) is 3. The standard InChI is InChI=1S/C24H27N3O4/c28-12-9-17(16-5-2-1-3-6-16)8-10-25-23(30)24(31)26-20-13-18-7-4-11-27-21(29)15-19(14-20)22(18)27/h1-3,5-6,13-14,17,28H,4,7-12,15H2,(H,25,30)(H,26,31). The minimum atomic E-state index is -0.720. The van der Waals surface area contributed by atoms with Gasteiger partial charge in [0.25, 0.3) is 0 Å². The molecule has 31 heavy (non-hydrogen) atoms. The average molecular weight is 421 g/mol. The summed E-state index contributed by atoms with van der Waals surface area (Å²) >= 11 is 0. The maximum absolute atomic E-state index is 12.4. The van der Waals surface area contributed by atoms with Crippen LogP contribution in [0.2, 0.25) is 0 Å². The number of nitrogens with one attached hydrogen (secondary N) is 2. The molecule has 1 unspecified atom stereocenters. The van der Waals surface area contributed by atoms with Gasteiger partial charge in [-0.3, -0.25) is 14.4 Å². The van der Waals surface area contributed by atoms with Gasteiger partial charge >= 0.3 is 11.8 Å². The highest BCUT2D eigenvalue weighted by atomic mass is 16.3. The van der Waals surface area contributed by atoms with E-state index in [0.717, 1.165) is 41.8 Å². The van der Waals surface area contributed by atoms with Gasteiger partial charge in [-0.15, -0.1) is 0 Å². The zero-order chi connectivity index (χ0) is 21.8. The van der Waals surface area contributed by atoms with Crippen molar-refractivity contribution in [3.63, 3.8) is 0 Å². The molecule has 3 N–H and O–H groups in total. The molecule has 3 amide bonds. The summed E-state index contributed by atoms with van der Waals surface area (Å²) in [6.07, 6.45) is 3.31. The van der Waals surface area contributed by atoms with E-state index < -0.39 is 11.8 Å². The molecule has 4 rings (SSSR count). The Kier molecular flexibility index (Phi) is 6.32. The topological polar surface area (TPSA) is 98.7 Å². The fourth-order valence-corrected chi connectivity index (χ4v) is 4.54. The molecular weight excluding hydrogens is 394 g/mol. The van der Waals surface area contributed by atoms with Crippen LogP contribution in [0.3, 0.4) is 0 Å². The number of aryl methyl sites for hydroxylation is 1. The molecule has 0 radical (unpaired) electrons. The Morgan fingerprint density at radius 2 is 1.84 bits per heavy atom. The molecule has 0 spiro atoms. The Balaban J connectivity index is 1.34. The van der Waals surface area contributed by atoms with Crippen LogP contribution in [0.1, 0.15) is 41.9 Å². The van der Waals surface area contributed by atoms with Crippen LogP contribution in [0.4, 0.5) is 11.4 Å². The van der Waals surface area contributed by atoms with E-state index in [2.05, 4.69) is 10.6 Å². The smallest absolute Gasteiger partial charge is 0.313 e. The van der Waals surface area contributed by atoms with Crippen molar-refractivity contribution in [3.8, 4) is 0 Å². The molecule has 0 saturated carbocycles. The molecule has 2 aromatic rings. The number of aliphatic hydroxyl groups excluding tert-OH is 1. The first-order valence-corrected chi connectivity index (χ1v) is 10.8. The van der Waals surface area contributed by atoms with E-state index >= 15 is 0 Å². The quantitative estimate of drug-likeness (QED) is 0.597. The molecule has 162 valence electrons. The fourth-order valence-electron chi connectivity index (χ4n) is 4.54. The Morgan fingerprint density at radius 1 is 1.06 bits per heavy atom. The highest BCUT2D eigenvalue weighted by molar-refractivity contribution is 6.39. The maximum atomic E-state index is 12.4. The van der Waals surface area contributed by atoms with Gasteiger partial charge in [-0.1, -0.05) is 30.3 Å². The number of rotatable bonds is 7. The summed E-state index contributed by atoms with van der Waals surface area (Å²) in [5.41, 5.74) is 4.58. The van der Waals surface area contributed by atoms with Crippen molar-refractivity contribution in [2.75, 3.05) is 29.9 Å². The normalized spacial score (nSPS) is 15.4. The Labute approximate surface area is 181 Å². The van der Waals surface area contributed by atoms with E-state index in [4.69, 9.17) is 0 Å². The van der Waals surface area contributed by atoms with Crippen molar-refractivity contribution in [1.82, 2.24) is 5.32 Å². The number of carbonyl (C=O) groups excluding carboxylic acids is 3. The maximum Gasteiger partial charge on any atom is 0.313 e. The molecule has 7 heteroatoms. The predicted octanol–water partition coefficient (Wildman–Crippen LogP) is 2.13. The van der Waals surface area contributed by atoms with Crippen LogP contribution < -0.4 is 15.5 Å². The molecule has 0 fully saturated rings. The van der Waals surface area contributed by atoms with Gasteiger partial charge in [0.2, 0.25) is 5.91 Å². The first-order valence-electron chi connectivity index (χ1n) is 10.8. The molecule has 2 aromatic carbocycles. The number of aliphatic hydroxyl groups is 1. The minimum absolute atomic E-state index is 0.0641. The summed E-state index contributed by atoms with van der Waals surface area (Å²) in [5.74, 6) is -1.21. The highest BCUT2D eigenvalue weighted by Gasteiger charge is 2.32. The molecule has 1 atom stereocenters. The summed E-state index contributed by atoms with van der Waals surface area (Å²) < 4.78 is 0. The molecule has 0 aromatic heterocycles. The first kappa shape index (κ1) is 21.1. The molecule has 7 nitrogen and oxygen atoms in total. The second kappa shape index (κ2) is 9.31. The third kappa shape index (κ3) is 4.61. The zero-order valence-corrected chi connectivity index (χ0v) is 17.4. The Bertz CT molecular complexity index is 990. The van der Waals surface area contributed by atoms with Crippen LogP contribution in [0, 0.1) is 0 Å². The van der Waals surface area contributed by atoms with Crippen molar-refractivity contribution in [2.45, 2.75) is 38.0 Å². The van der Waals surface area contributed by atoms with E-state index in [1.54, 1.807) is 6.07 Å². The van der Waals surface area contributed by atoms with Crippen LogP contribution in [0.5, 0.6) is 0 Å². The number of nitrogens with zero attached hydrogens (tertiary/aromatic N) is 1. The minimum Gasteiger partial charge on any atom is -0.396 e. The van der Waals surface area contributed by atoms with Crippen molar-refractivity contribution in [1.29, 1.82) is 0 Å². The van der Waals surface area contributed by atoms with Crippen molar-refractivity contribution in [3.05, 3.63) is 59.2 Å². The van der Waals surface area contributed by atoms with Crippen LogP contribution in [0.15, 0.2) is 42.5 Å². The number of benzene rings is 2. The lowest BCUT2D eigenvalue weighted by Crippen LogP contribution is -2.36. The summed E-state index contributed by atoms with van der Waals surface area (Å²) in [6, 6.07) is 13.5. The number of amides is 3. The number of anilines is 2. The predicted molar refractivity (Wildman–Crippen MR) is 118 cm³/mol. The van der Waals surface area contributed by atoms with Crippen LogP contribution in [-0.2, 0) is 27.2 Å². The van der Waals surface area contributed by atoms with Gasteiger partial charge < -0.3 is 20.6 Å². The van der Waals surface area contributed by atoms with Gasteiger partial charge in [0.15, 0.2) is 0 Å². The first-order chi connectivity index (χ1) is 15.1. The number of carbonyl (C=O) groups is 3. The van der Waals surface area contributed by atoms with E-state index in [-0.39, 0.29) is 18.4 Å². The Hall–Kier alpha value is -3.19. The van der Waals surface area contributed by atoms with Gasteiger partial charge in [0.1, 0.15) is 0 Å². The van der Waals surface area contributed by atoms with Crippen LogP contribution >= 0.6 is 0 Å². The molecular formula is C24H27N3O4. The summed E-state index contributed by atoms with van der Waals surface area (Å²) in [7, 11) is 0. The van der Waals surface area contributed by atoms with Crippen molar-refractivity contribution in [2.24, 2.45) is 0 Å². The fraction of sp³-hybridized carbons (Fsp3) is 0.375. The molecule has 2 aliphatic heterocycles. The van der Waals surface area contributed by atoms with Gasteiger partial charge in [-0.05, 0) is 60.4 Å². The van der Waals surface area contributed by atoms with Crippen molar-refractivity contribution >= 4 is 29.1 Å². The largest absolute Gasteiger partial charge is 0.396 e. The van der Waals surface area contributed by atoms with E-state index in [0.29, 0.717) is 31.5 Å². The second-order valence-corrected chi connectivity index (χ2v) is 8.09. The molecule has 2 aliphatic rings. The zero-order valence-electron chi connectivity index (χ0n) is 17.4. The lowest BCUT2D eigenvalue weighted by molar-refractivity contribution is -0.136. The second-order valence-electron chi connectivity index (χ2n) is 8.09. The van der Waals surface area contributed by atoms with E-state index in [9.17, 15) is 19.5 Å². The average Bonchev–Trinajstić information content (AvgIpc) is 3.10. The van der Waals surface area contributed by atoms with Gasteiger partial charge in [-0.25, -0.2) is 0 Å². The lowest BCUT2D eigenvalue weighted by atomic mass is 9.93. The summed E-state index contributed by atoms with van der Waals surface area (Å²) in [6.45, 7) is 1.15. The van der Waals surface area contributed by atoms with Crippen LogP contribution in [-0.4, -0.2) is 42.5 Å². The highest BCUT2D eigenvalue weighted by Crippen LogP contribution is 2.38. The SMILES string of the molecule is O=C(NCCC(CCO)c1ccccc1)C(=O)Nc1cc2c3c(c1)CC(=O)N3CCC2. The third-order valence-electron chi connectivity index (χ3n) is 6.00. The molecule has 0 bridgehead atoms. The van der Waals surface area contributed by atoms with Gasteiger partial charge in [0.05, 0.1) is 12.1 Å². The van der Waals surface area contributed by atoms with Gasteiger partial charge in [-0.2, -0.15) is 0 Å². The molecule has 0 aliphatic carbocycles. The lowest BCUT2D eigenvalue weighted by Gasteiger charge is -2.26. The van der Waals surface area contributed by atoms with Crippen molar-refractivity contribution < 1.29 is 19.5 Å². The van der Waals surface area contributed by atoms with Gasteiger partial charge in [0, 0.05) is 25.4 Å². The van der Waals surface area contributed by atoms with Crippen LogP contribution in [0.25, 0.3) is 0 Å². The summed E-state index contributed by atoms with van der Waals surface area (Å²) in [4.78, 5) is 38.7. The summed E-state index contributed by atoms with van der Waals surface area (Å²) in [5, 5.41) is 14.7. The monoisotopic (exact) mass is 421 g/mol. The third-order valence-corrected chi connectivity index (χ3v) is 6.00. The van der Waals surface area contributed by atoms with E-state index in [1.165, 1.54) is 0 Å². The molecule has 0 saturated heterocycles. The Morgan fingerprint density at radius 3 is 2.61 bits per heavy atom.